The van der Waals surface area contributed by atoms with E-state index in [0.29, 0.717) is 26.3 Å². The van der Waals surface area contributed by atoms with Crippen molar-refractivity contribution in [1.82, 2.24) is 15.5 Å². The van der Waals surface area contributed by atoms with Crippen LogP contribution >= 0.6 is 0 Å². The van der Waals surface area contributed by atoms with E-state index in [0.717, 1.165) is 25.9 Å². The molecule has 0 unspecified atom stereocenters. The van der Waals surface area contributed by atoms with Crippen molar-refractivity contribution in [2.75, 3.05) is 45.9 Å². The summed E-state index contributed by atoms with van der Waals surface area (Å²) in [5, 5.41) is 5.93. The first kappa shape index (κ1) is 13.3. The summed E-state index contributed by atoms with van der Waals surface area (Å²) < 4.78 is 5.18. The highest BCUT2D eigenvalue weighted by Gasteiger charge is 2.22. The molecule has 0 aromatic heterocycles. The van der Waals surface area contributed by atoms with Gasteiger partial charge in [-0.05, 0) is 19.4 Å². The van der Waals surface area contributed by atoms with Gasteiger partial charge in [0, 0.05) is 19.6 Å². The average Bonchev–Trinajstić information content (AvgIpc) is 2.46. The van der Waals surface area contributed by atoms with Crippen LogP contribution in [0.5, 0.6) is 0 Å². The fraction of sp³-hybridized carbons (Fsp3) is 0.833. The predicted octanol–water partition coefficient (Wildman–Crippen LogP) is -1.04. The quantitative estimate of drug-likeness (QED) is 0.676. The van der Waals surface area contributed by atoms with E-state index in [9.17, 15) is 9.59 Å². The summed E-state index contributed by atoms with van der Waals surface area (Å²) in [7, 11) is 0. The summed E-state index contributed by atoms with van der Waals surface area (Å²) in [6.45, 7) is 4.24. The van der Waals surface area contributed by atoms with Gasteiger partial charge in [0.25, 0.3) is 0 Å². The smallest absolute Gasteiger partial charge is 0.242 e. The molecule has 0 bridgehead atoms. The van der Waals surface area contributed by atoms with Gasteiger partial charge in [0.15, 0.2) is 0 Å². The monoisotopic (exact) mass is 255 g/mol. The molecular formula is C12H21N3O3. The molecule has 0 aromatic carbocycles. The Bertz CT molecular complexity index is 267. The summed E-state index contributed by atoms with van der Waals surface area (Å²) in [5.41, 5.74) is 0. The minimum absolute atomic E-state index is 0.0104. The van der Waals surface area contributed by atoms with Gasteiger partial charge in [0.05, 0.1) is 25.7 Å². The zero-order valence-corrected chi connectivity index (χ0v) is 10.6. The van der Waals surface area contributed by atoms with E-state index in [1.165, 1.54) is 0 Å². The number of morpholine rings is 1. The highest BCUT2D eigenvalue weighted by atomic mass is 16.5. The van der Waals surface area contributed by atoms with Gasteiger partial charge in [-0.3, -0.25) is 9.59 Å². The molecule has 18 heavy (non-hydrogen) atoms. The third-order valence-electron chi connectivity index (χ3n) is 3.45. The van der Waals surface area contributed by atoms with Gasteiger partial charge in [-0.15, -0.1) is 0 Å². The summed E-state index contributed by atoms with van der Waals surface area (Å²) >= 11 is 0. The number of nitrogens with zero attached hydrogens (tertiary/aromatic N) is 1. The number of ether oxygens (including phenoxy) is 1. The maximum atomic E-state index is 11.8. The predicted molar refractivity (Wildman–Crippen MR) is 66.0 cm³/mol. The minimum Gasteiger partial charge on any atom is -0.378 e. The number of nitrogens with one attached hydrogen (secondary N) is 2. The lowest BCUT2D eigenvalue weighted by molar-refractivity contribution is -0.137. The normalized spacial score (nSPS) is 24.7. The second-order valence-corrected chi connectivity index (χ2v) is 4.75. The number of carbonyl (C=O) groups excluding carboxylic acids is 2. The second kappa shape index (κ2) is 6.70. The lowest BCUT2D eigenvalue weighted by Gasteiger charge is -2.27. The second-order valence-electron chi connectivity index (χ2n) is 4.75. The van der Waals surface area contributed by atoms with E-state index >= 15 is 0 Å². The van der Waals surface area contributed by atoms with Gasteiger partial charge in [-0.2, -0.15) is 0 Å². The standard InChI is InChI=1S/C12H21N3O3/c16-11(15-4-6-18-7-5-15)9-14-12(17)10-2-1-3-13-8-10/h10,13H,1-9H2,(H,14,17)/t10-/m1/s1. The topological polar surface area (TPSA) is 70.7 Å². The first-order valence-corrected chi connectivity index (χ1v) is 6.61. The van der Waals surface area contributed by atoms with Crippen molar-refractivity contribution >= 4 is 11.8 Å². The number of carbonyl (C=O) groups is 2. The zero-order chi connectivity index (χ0) is 12.8. The molecule has 102 valence electrons. The van der Waals surface area contributed by atoms with Gasteiger partial charge >= 0.3 is 0 Å². The number of hydrogen-bond acceptors (Lipinski definition) is 4. The SMILES string of the molecule is O=C(NCC(=O)N1CCOCC1)[C@@H]1CCCNC1. The maximum Gasteiger partial charge on any atom is 0.242 e. The van der Waals surface area contributed by atoms with E-state index in [1.807, 2.05) is 0 Å². The third-order valence-corrected chi connectivity index (χ3v) is 3.45. The number of rotatable bonds is 3. The van der Waals surface area contributed by atoms with Crippen molar-refractivity contribution in [3.8, 4) is 0 Å². The van der Waals surface area contributed by atoms with Gasteiger partial charge < -0.3 is 20.3 Å². The number of piperidine rings is 1. The molecule has 0 aromatic rings. The van der Waals surface area contributed by atoms with E-state index in [2.05, 4.69) is 10.6 Å². The van der Waals surface area contributed by atoms with E-state index < -0.39 is 0 Å². The molecule has 2 heterocycles. The minimum atomic E-state index is -0.0181. The van der Waals surface area contributed by atoms with Gasteiger partial charge in [0.2, 0.25) is 11.8 Å². The van der Waals surface area contributed by atoms with E-state index in [-0.39, 0.29) is 24.3 Å². The van der Waals surface area contributed by atoms with Crippen molar-refractivity contribution in [3.63, 3.8) is 0 Å². The van der Waals surface area contributed by atoms with Crippen molar-refractivity contribution in [2.24, 2.45) is 5.92 Å². The molecule has 2 aliphatic heterocycles. The fourth-order valence-corrected chi connectivity index (χ4v) is 2.31. The molecule has 2 amide bonds. The van der Waals surface area contributed by atoms with Crippen LogP contribution in [0.3, 0.4) is 0 Å². The molecule has 6 heteroatoms. The van der Waals surface area contributed by atoms with Crippen molar-refractivity contribution < 1.29 is 14.3 Å². The van der Waals surface area contributed by atoms with Crippen LogP contribution in [-0.4, -0.2) is 62.7 Å². The van der Waals surface area contributed by atoms with Crippen molar-refractivity contribution in [3.05, 3.63) is 0 Å². The molecule has 0 spiro atoms. The lowest BCUT2D eigenvalue weighted by atomic mass is 9.99. The van der Waals surface area contributed by atoms with Crippen LogP contribution in [0.15, 0.2) is 0 Å². The summed E-state index contributed by atoms with van der Waals surface area (Å²) in [6, 6.07) is 0. The Morgan fingerprint density at radius 1 is 1.33 bits per heavy atom. The Hall–Kier alpha value is -1.14. The number of amides is 2. The molecule has 1 atom stereocenters. The van der Waals surface area contributed by atoms with E-state index in [1.54, 1.807) is 4.90 Å². The Morgan fingerprint density at radius 3 is 2.78 bits per heavy atom. The van der Waals surface area contributed by atoms with Crippen LogP contribution in [0.2, 0.25) is 0 Å². The van der Waals surface area contributed by atoms with Gasteiger partial charge in [0.1, 0.15) is 0 Å². The molecule has 2 aliphatic rings. The molecule has 0 saturated carbocycles. The van der Waals surface area contributed by atoms with Crippen LogP contribution in [0, 0.1) is 5.92 Å². The Balaban J connectivity index is 1.69. The molecule has 2 rings (SSSR count). The zero-order valence-electron chi connectivity index (χ0n) is 10.6. The molecule has 0 radical (unpaired) electrons. The largest absolute Gasteiger partial charge is 0.378 e. The average molecular weight is 255 g/mol. The molecule has 0 aliphatic carbocycles. The van der Waals surface area contributed by atoms with Crippen molar-refractivity contribution in [2.45, 2.75) is 12.8 Å². The summed E-state index contributed by atoms with van der Waals surface area (Å²) in [4.78, 5) is 25.4. The molecule has 2 fully saturated rings. The van der Waals surface area contributed by atoms with Crippen molar-refractivity contribution in [1.29, 1.82) is 0 Å². The highest BCUT2D eigenvalue weighted by molar-refractivity contribution is 5.86. The van der Waals surface area contributed by atoms with Crippen LogP contribution < -0.4 is 10.6 Å². The van der Waals surface area contributed by atoms with Crippen LogP contribution in [-0.2, 0) is 14.3 Å². The molecule has 2 saturated heterocycles. The Kier molecular flexibility index (Phi) is 4.95. The third kappa shape index (κ3) is 3.68. The lowest BCUT2D eigenvalue weighted by Crippen LogP contribution is -2.47. The molecular weight excluding hydrogens is 234 g/mol. The van der Waals surface area contributed by atoms with Gasteiger partial charge in [-0.1, -0.05) is 0 Å². The van der Waals surface area contributed by atoms with E-state index in [4.69, 9.17) is 4.74 Å². The Labute approximate surface area is 107 Å². The van der Waals surface area contributed by atoms with Crippen LogP contribution in [0.4, 0.5) is 0 Å². The molecule has 6 nitrogen and oxygen atoms in total. The Morgan fingerprint density at radius 2 is 2.11 bits per heavy atom. The van der Waals surface area contributed by atoms with Crippen LogP contribution in [0.25, 0.3) is 0 Å². The summed E-state index contributed by atoms with van der Waals surface area (Å²) in [5.74, 6) is -0.0181. The number of hydrogen-bond donors (Lipinski definition) is 2. The fourth-order valence-electron chi connectivity index (χ4n) is 2.31. The first-order chi connectivity index (χ1) is 8.77. The van der Waals surface area contributed by atoms with Crippen LogP contribution in [0.1, 0.15) is 12.8 Å². The molecule has 2 N–H and O–H groups in total. The first-order valence-electron chi connectivity index (χ1n) is 6.61. The highest BCUT2D eigenvalue weighted by Crippen LogP contribution is 2.09. The van der Waals surface area contributed by atoms with Gasteiger partial charge in [-0.25, -0.2) is 0 Å². The maximum absolute atomic E-state index is 11.8. The summed E-state index contributed by atoms with van der Waals surface area (Å²) in [6.07, 6.45) is 1.93.